The van der Waals surface area contributed by atoms with Gasteiger partial charge < -0.3 is 9.30 Å². The molecule has 2 heterocycles. The molecule has 3 aromatic rings. The van der Waals surface area contributed by atoms with E-state index in [1.807, 2.05) is 36.4 Å². The van der Waals surface area contributed by atoms with Crippen molar-refractivity contribution >= 4 is 22.8 Å². The molecule has 4 nitrogen and oxygen atoms in total. The second-order valence-electron chi connectivity index (χ2n) is 4.44. The van der Waals surface area contributed by atoms with Crippen LogP contribution in [0.15, 0.2) is 42.6 Å². The van der Waals surface area contributed by atoms with Crippen molar-refractivity contribution in [1.82, 2.24) is 14.5 Å². The molecule has 0 spiro atoms. The van der Waals surface area contributed by atoms with Crippen LogP contribution in [0.25, 0.3) is 22.6 Å². The molecule has 0 saturated carbocycles. The molecule has 0 bridgehead atoms. The SMILES string of the molecule is COCCn1c(-c2cccc(Cl)c2)nc2cccnc21. The maximum Gasteiger partial charge on any atom is 0.160 e. The van der Waals surface area contributed by atoms with E-state index in [-0.39, 0.29) is 0 Å². The Morgan fingerprint density at radius 2 is 2.15 bits per heavy atom. The number of hydrogen-bond acceptors (Lipinski definition) is 3. The molecule has 0 aliphatic heterocycles. The molecular formula is C15H14ClN3O. The molecule has 0 aliphatic rings. The third kappa shape index (κ3) is 2.40. The maximum atomic E-state index is 6.07. The fraction of sp³-hybridized carbons (Fsp3) is 0.200. The lowest BCUT2D eigenvalue weighted by atomic mass is 10.2. The highest BCUT2D eigenvalue weighted by atomic mass is 35.5. The highest BCUT2D eigenvalue weighted by molar-refractivity contribution is 6.30. The van der Waals surface area contributed by atoms with Gasteiger partial charge in [0.15, 0.2) is 5.65 Å². The number of nitrogens with zero attached hydrogens (tertiary/aromatic N) is 3. The van der Waals surface area contributed by atoms with Gasteiger partial charge in [-0.1, -0.05) is 23.7 Å². The second kappa shape index (κ2) is 5.61. The first-order valence-corrected chi connectivity index (χ1v) is 6.73. The van der Waals surface area contributed by atoms with Crippen LogP contribution in [0.4, 0.5) is 0 Å². The van der Waals surface area contributed by atoms with Gasteiger partial charge in [0, 0.05) is 30.4 Å². The van der Waals surface area contributed by atoms with E-state index < -0.39 is 0 Å². The van der Waals surface area contributed by atoms with Crippen LogP contribution < -0.4 is 0 Å². The predicted molar refractivity (Wildman–Crippen MR) is 79.9 cm³/mol. The van der Waals surface area contributed by atoms with E-state index in [9.17, 15) is 0 Å². The van der Waals surface area contributed by atoms with Crippen LogP contribution in [0.3, 0.4) is 0 Å². The number of fused-ring (bicyclic) bond motifs is 1. The Balaban J connectivity index is 2.18. The van der Waals surface area contributed by atoms with E-state index in [0.29, 0.717) is 18.2 Å². The molecule has 0 unspecified atom stereocenters. The molecule has 20 heavy (non-hydrogen) atoms. The molecule has 0 amide bonds. The average molecular weight is 288 g/mol. The normalized spacial score (nSPS) is 11.1. The van der Waals surface area contributed by atoms with Crippen molar-refractivity contribution in [3.05, 3.63) is 47.6 Å². The third-order valence-corrected chi connectivity index (χ3v) is 3.34. The maximum absolute atomic E-state index is 6.07. The van der Waals surface area contributed by atoms with Gasteiger partial charge in [-0.25, -0.2) is 9.97 Å². The number of ether oxygens (including phenoxy) is 1. The summed E-state index contributed by atoms with van der Waals surface area (Å²) in [4.78, 5) is 9.08. The monoisotopic (exact) mass is 287 g/mol. The summed E-state index contributed by atoms with van der Waals surface area (Å²) in [6.45, 7) is 1.31. The summed E-state index contributed by atoms with van der Waals surface area (Å²) in [5.74, 6) is 0.859. The average Bonchev–Trinajstić information content (AvgIpc) is 2.84. The summed E-state index contributed by atoms with van der Waals surface area (Å²) in [5.41, 5.74) is 2.71. The van der Waals surface area contributed by atoms with Gasteiger partial charge in [0.1, 0.15) is 11.3 Å². The summed E-state index contributed by atoms with van der Waals surface area (Å²) in [6, 6.07) is 11.5. The largest absolute Gasteiger partial charge is 0.383 e. The van der Waals surface area contributed by atoms with E-state index in [0.717, 1.165) is 22.6 Å². The van der Waals surface area contributed by atoms with Crippen molar-refractivity contribution in [1.29, 1.82) is 0 Å². The summed E-state index contributed by atoms with van der Waals surface area (Å²) in [6.07, 6.45) is 1.77. The van der Waals surface area contributed by atoms with Crippen molar-refractivity contribution in [2.45, 2.75) is 6.54 Å². The van der Waals surface area contributed by atoms with E-state index in [1.54, 1.807) is 13.3 Å². The Kier molecular flexibility index (Phi) is 3.67. The fourth-order valence-corrected chi connectivity index (χ4v) is 2.39. The topological polar surface area (TPSA) is 39.9 Å². The first-order valence-electron chi connectivity index (χ1n) is 6.36. The Morgan fingerprint density at radius 1 is 1.25 bits per heavy atom. The summed E-state index contributed by atoms with van der Waals surface area (Å²) in [7, 11) is 1.69. The number of halogens is 1. The number of pyridine rings is 1. The highest BCUT2D eigenvalue weighted by Crippen LogP contribution is 2.25. The first-order chi connectivity index (χ1) is 9.79. The molecule has 0 N–H and O–H groups in total. The van der Waals surface area contributed by atoms with Crippen molar-refractivity contribution in [3.63, 3.8) is 0 Å². The van der Waals surface area contributed by atoms with Crippen molar-refractivity contribution in [3.8, 4) is 11.4 Å². The molecule has 0 saturated heterocycles. The summed E-state index contributed by atoms with van der Waals surface area (Å²) in [5, 5.41) is 0.695. The van der Waals surface area contributed by atoms with Gasteiger partial charge in [-0.15, -0.1) is 0 Å². The van der Waals surface area contributed by atoms with Crippen LogP contribution in [0.2, 0.25) is 5.02 Å². The number of benzene rings is 1. The smallest absolute Gasteiger partial charge is 0.160 e. The number of hydrogen-bond donors (Lipinski definition) is 0. The molecule has 1 aromatic carbocycles. The lowest BCUT2D eigenvalue weighted by molar-refractivity contribution is 0.188. The quantitative estimate of drug-likeness (QED) is 0.738. The first kappa shape index (κ1) is 13.1. The van der Waals surface area contributed by atoms with Crippen molar-refractivity contribution in [2.24, 2.45) is 0 Å². The third-order valence-electron chi connectivity index (χ3n) is 3.11. The van der Waals surface area contributed by atoms with Gasteiger partial charge in [-0.2, -0.15) is 0 Å². The highest BCUT2D eigenvalue weighted by Gasteiger charge is 2.13. The van der Waals surface area contributed by atoms with Crippen molar-refractivity contribution in [2.75, 3.05) is 13.7 Å². The van der Waals surface area contributed by atoms with Gasteiger partial charge in [-0.05, 0) is 24.3 Å². The Labute approximate surface area is 122 Å². The number of aromatic nitrogens is 3. The zero-order valence-corrected chi connectivity index (χ0v) is 11.8. The lowest BCUT2D eigenvalue weighted by Gasteiger charge is -2.08. The molecule has 0 radical (unpaired) electrons. The standard InChI is InChI=1S/C15H14ClN3O/c1-20-9-8-19-14(11-4-2-5-12(16)10-11)18-13-6-3-7-17-15(13)19/h2-7,10H,8-9H2,1H3. The zero-order chi connectivity index (χ0) is 13.9. The van der Waals surface area contributed by atoms with Crippen LogP contribution >= 0.6 is 11.6 Å². The molecule has 0 fully saturated rings. The van der Waals surface area contributed by atoms with Gasteiger partial charge in [0.05, 0.1) is 6.61 Å². The van der Waals surface area contributed by atoms with Gasteiger partial charge in [0.2, 0.25) is 0 Å². The minimum absolute atomic E-state index is 0.607. The molecular weight excluding hydrogens is 274 g/mol. The van der Waals surface area contributed by atoms with Crippen LogP contribution in [0.1, 0.15) is 0 Å². The van der Waals surface area contributed by atoms with E-state index in [4.69, 9.17) is 16.3 Å². The Bertz CT molecular complexity index is 739. The number of imidazole rings is 1. The number of rotatable bonds is 4. The Hall–Kier alpha value is -1.91. The zero-order valence-electron chi connectivity index (χ0n) is 11.1. The predicted octanol–water partition coefficient (Wildman–Crippen LogP) is 3.40. The number of methoxy groups -OCH3 is 1. The van der Waals surface area contributed by atoms with Gasteiger partial charge in [-0.3, -0.25) is 0 Å². The van der Waals surface area contributed by atoms with Crippen LogP contribution in [-0.2, 0) is 11.3 Å². The molecule has 0 atom stereocenters. The van der Waals surface area contributed by atoms with Gasteiger partial charge in [0.25, 0.3) is 0 Å². The second-order valence-corrected chi connectivity index (χ2v) is 4.87. The molecule has 102 valence electrons. The minimum Gasteiger partial charge on any atom is -0.383 e. The van der Waals surface area contributed by atoms with E-state index >= 15 is 0 Å². The van der Waals surface area contributed by atoms with E-state index in [2.05, 4.69) is 14.5 Å². The minimum atomic E-state index is 0.607. The lowest BCUT2D eigenvalue weighted by Crippen LogP contribution is -2.06. The van der Waals surface area contributed by atoms with Crippen LogP contribution in [0.5, 0.6) is 0 Å². The molecule has 0 aliphatic carbocycles. The molecule has 5 heteroatoms. The molecule has 3 rings (SSSR count). The summed E-state index contributed by atoms with van der Waals surface area (Å²) >= 11 is 6.07. The van der Waals surface area contributed by atoms with Gasteiger partial charge >= 0.3 is 0 Å². The Morgan fingerprint density at radius 3 is 2.95 bits per heavy atom. The van der Waals surface area contributed by atoms with Crippen LogP contribution in [0, 0.1) is 0 Å². The fourth-order valence-electron chi connectivity index (χ4n) is 2.20. The van der Waals surface area contributed by atoms with Crippen molar-refractivity contribution < 1.29 is 4.74 Å². The van der Waals surface area contributed by atoms with Crippen LogP contribution in [-0.4, -0.2) is 28.3 Å². The van der Waals surface area contributed by atoms with E-state index in [1.165, 1.54) is 0 Å². The summed E-state index contributed by atoms with van der Waals surface area (Å²) < 4.78 is 7.24. The molecule has 2 aromatic heterocycles.